The molecule has 2 aliphatic heterocycles. The lowest BCUT2D eigenvalue weighted by atomic mass is 9.88. The highest BCUT2D eigenvalue weighted by molar-refractivity contribution is 5.68. The number of methoxy groups -OCH3 is 7. The van der Waals surface area contributed by atoms with Crippen molar-refractivity contribution in [2.24, 2.45) is 0 Å². The molecular weight excluding hydrogens is 716 g/mol. The quantitative estimate of drug-likeness (QED) is 0.134. The van der Waals surface area contributed by atoms with E-state index in [0.29, 0.717) is 62.5 Å². The van der Waals surface area contributed by atoms with Crippen LogP contribution in [0.4, 0.5) is 0 Å². The largest absolute Gasteiger partial charge is 0.497 e. The Kier molecular flexibility index (Phi) is 11.6. The highest BCUT2D eigenvalue weighted by Gasteiger charge is 2.51. The summed E-state index contributed by atoms with van der Waals surface area (Å²) in [5, 5.41) is 0. The summed E-state index contributed by atoms with van der Waals surface area (Å²) in [6, 6.07) is 19.3. The molecule has 6 atom stereocenters. The van der Waals surface area contributed by atoms with E-state index in [2.05, 4.69) is 0 Å². The van der Waals surface area contributed by atoms with Crippen LogP contribution in [0.25, 0.3) is 0 Å². The monoisotopic (exact) mass is 760 g/mol. The van der Waals surface area contributed by atoms with Gasteiger partial charge in [-0.05, 0) is 54.1 Å². The SMILES string of the molecule is COc1ccc([C@H]2Oc3c(ccc(OC)c3OC)[C@H](O[C@@H]3c4ccc(OC)c(OC)c4O[C@H](c4ccc(OC)c(OC)c4)[C@@H]3OC(C)=O)[C@H]2OC(C)=O)cc1. The van der Waals surface area contributed by atoms with Crippen LogP contribution in [-0.4, -0.2) is 73.9 Å². The molecule has 292 valence electrons. The van der Waals surface area contributed by atoms with Gasteiger partial charge >= 0.3 is 11.9 Å². The number of rotatable bonds is 13. The minimum Gasteiger partial charge on any atom is -0.497 e. The van der Waals surface area contributed by atoms with Crippen molar-refractivity contribution in [2.45, 2.75) is 50.5 Å². The first-order valence-electron chi connectivity index (χ1n) is 17.3. The maximum absolute atomic E-state index is 13.0. The molecule has 0 aliphatic carbocycles. The van der Waals surface area contributed by atoms with E-state index < -0.39 is 48.6 Å². The van der Waals surface area contributed by atoms with E-state index >= 15 is 0 Å². The van der Waals surface area contributed by atoms with Crippen molar-refractivity contribution in [3.63, 3.8) is 0 Å². The van der Waals surface area contributed by atoms with Crippen LogP contribution in [-0.2, 0) is 23.8 Å². The molecule has 0 bridgehead atoms. The Morgan fingerprint density at radius 1 is 0.491 bits per heavy atom. The van der Waals surface area contributed by atoms with Crippen molar-refractivity contribution in [3.8, 4) is 51.7 Å². The summed E-state index contributed by atoms with van der Waals surface area (Å²) in [5.74, 6) is 2.30. The lowest BCUT2D eigenvalue weighted by Gasteiger charge is -2.44. The molecule has 0 saturated carbocycles. The number of carbonyl (C=O) groups excluding carboxylic acids is 2. The van der Waals surface area contributed by atoms with E-state index in [0.717, 1.165) is 0 Å². The van der Waals surface area contributed by atoms with Gasteiger partial charge in [0.2, 0.25) is 11.5 Å². The van der Waals surface area contributed by atoms with Crippen molar-refractivity contribution in [1.82, 2.24) is 0 Å². The maximum atomic E-state index is 13.0. The van der Waals surface area contributed by atoms with Gasteiger partial charge in [-0.2, -0.15) is 0 Å². The van der Waals surface area contributed by atoms with Gasteiger partial charge in [0.05, 0.1) is 49.8 Å². The fraction of sp³-hybridized carbons (Fsp3) is 0.366. The molecule has 2 heterocycles. The Balaban J connectivity index is 1.60. The molecule has 6 rings (SSSR count). The highest BCUT2D eigenvalue weighted by Crippen LogP contribution is 2.57. The van der Waals surface area contributed by atoms with Crippen LogP contribution >= 0.6 is 0 Å². The smallest absolute Gasteiger partial charge is 0.303 e. The van der Waals surface area contributed by atoms with Crippen LogP contribution in [0.3, 0.4) is 0 Å². The van der Waals surface area contributed by atoms with Crippen molar-refractivity contribution >= 4 is 11.9 Å². The van der Waals surface area contributed by atoms with Crippen LogP contribution in [0.2, 0.25) is 0 Å². The molecule has 0 fully saturated rings. The highest BCUT2D eigenvalue weighted by atomic mass is 16.6. The van der Waals surface area contributed by atoms with E-state index in [1.165, 1.54) is 56.5 Å². The average Bonchev–Trinajstić information content (AvgIpc) is 3.20. The summed E-state index contributed by atoms with van der Waals surface area (Å²) in [6.45, 7) is 2.61. The molecule has 4 aromatic carbocycles. The van der Waals surface area contributed by atoms with E-state index in [-0.39, 0.29) is 11.5 Å². The van der Waals surface area contributed by atoms with E-state index in [9.17, 15) is 9.59 Å². The number of hydrogen-bond acceptors (Lipinski definition) is 14. The Morgan fingerprint density at radius 3 is 1.35 bits per heavy atom. The zero-order valence-electron chi connectivity index (χ0n) is 32.0. The standard InChI is InChI=1S/C41H44O14/c1-21(42)51-40-32(23-10-13-25(44-3)14-11-23)53-34-26(15-18-29(46-5)38(34)49-8)36(40)55-37-27-16-19-30(47-6)39(50-9)35(27)54-33(41(37)52-22(2)43)24-12-17-28(45-4)31(20-24)48-7/h10-20,32-33,36-37,40-41H,1-9H3/t32-,33-,36+,37-,40+,41+/m1/s1. The van der Waals surface area contributed by atoms with Crippen molar-refractivity contribution in [2.75, 3.05) is 49.8 Å². The first-order valence-corrected chi connectivity index (χ1v) is 17.3. The average molecular weight is 761 g/mol. The number of esters is 2. The topological polar surface area (TPSA) is 145 Å². The van der Waals surface area contributed by atoms with Crippen LogP contribution in [0, 0.1) is 0 Å². The predicted molar refractivity (Wildman–Crippen MR) is 196 cm³/mol. The molecule has 0 aromatic heterocycles. The summed E-state index contributed by atoms with van der Waals surface area (Å²) in [5.41, 5.74) is 2.16. The van der Waals surface area contributed by atoms with Gasteiger partial charge in [0.25, 0.3) is 0 Å². The van der Waals surface area contributed by atoms with E-state index in [4.69, 9.17) is 56.8 Å². The molecule has 0 amide bonds. The fourth-order valence-electron chi connectivity index (χ4n) is 7.01. The number of fused-ring (bicyclic) bond motifs is 2. The van der Waals surface area contributed by atoms with E-state index in [1.54, 1.807) is 61.7 Å². The normalized spacial score (nSPS) is 21.0. The molecule has 0 unspecified atom stereocenters. The molecule has 2 aliphatic rings. The van der Waals surface area contributed by atoms with Gasteiger partial charge in [0, 0.05) is 30.5 Å². The van der Waals surface area contributed by atoms with E-state index in [1.807, 2.05) is 12.1 Å². The van der Waals surface area contributed by atoms with Gasteiger partial charge in [-0.25, -0.2) is 0 Å². The second kappa shape index (κ2) is 16.6. The second-order valence-corrected chi connectivity index (χ2v) is 12.5. The van der Waals surface area contributed by atoms with Gasteiger partial charge in [-0.1, -0.05) is 18.2 Å². The Bertz CT molecular complexity index is 2010. The van der Waals surface area contributed by atoms with Gasteiger partial charge in [0.15, 0.2) is 58.9 Å². The number of ether oxygens (including phenoxy) is 12. The lowest BCUT2D eigenvalue weighted by Crippen LogP contribution is -2.44. The summed E-state index contributed by atoms with van der Waals surface area (Å²) in [6.07, 6.45) is -6.26. The summed E-state index contributed by atoms with van der Waals surface area (Å²) >= 11 is 0. The first-order chi connectivity index (χ1) is 26.6. The molecule has 14 nitrogen and oxygen atoms in total. The van der Waals surface area contributed by atoms with Crippen LogP contribution in [0.5, 0.6) is 51.7 Å². The van der Waals surface area contributed by atoms with Gasteiger partial charge in [-0.3, -0.25) is 9.59 Å². The van der Waals surface area contributed by atoms with Gasteiger partial charge in [-0.15, -0.1) is 0 Å². The molecular formula is C41H44O14. The van der Waals surface area contributed by atoms with Crippen molar-refractivity contribution in [1.29, 1.82) is 0 Å². The molecule has 4 aromatic rings. The predicted octanol–water partition coefficient (Wildman–Crippen LogP) is 6.68. The third kappa shape index (κ3) is 7.41. The second-order valence-electron chi connectivity index (χ2n) is 12.5. The third-order valence-corrected chi connectivity index (χ3v) is 9.44. The minimum absolute atomic E-state index is 0.283. The first kappa shape index (κ1) is 38.7. The number of hydrogen-bond donors (Lipinski definition) is 0. The molecule has 55 heavy (non-hydrogen) atoms. The maximum Gasteiger partial charge on any atom is 0.303 e. The Morgan fingerprint density at radius 2 is 0.927 bits per heavy atom. The molecule has 0 spiro atoms. The summed E-state index contributed by atoms with van der Waals surface area (Å²) in [7, 11) is 10.6. The number of benzene rings is 4. The van der Waals surface area contributed by atoms with Crippen molar-refractivity contribution < 1.29 is 66.4 Å². The molecule has 0 radical (unpaired) electrons. The number of carbonyl (C=O) groups is 2. The summed E-state index contributed by atoms with van der Waals surface area (Å²) < 4.78 is 72.3. The van der Waals surface area contributed by atoms with Crippen LogP contribution in [0.15, 0.2) is 66.7 Å². The minimum atomic E-state index is -1.12. The van der Waals surface area contributed by atoms with Gasteiger partial charge in [0.1, 0.15) is 18.0 Å². The van der Waals surface area contributed by atoms with Crippen molar-refractivity contribution in [3.05, 3.63) is 89.0 Å². The van der Waals surface area contributed by atoms with Crippen LogP contribution < -0.4 is 42.6 Å². The zero-order chi connectivity index (χ0) is 39.4. The summed E-state index contributed by atoms with van der Waals surface area (Å²) in [4.78, 5) is 25.9. The molecule has 14 heteroatoms. The molecule has 0 saturated heterocycles. The lowest BCUT2D eigenvalue weighted by molar-refractivity contribution is -0.203. The molecule has 0 N–H and O–H groups in total. The Labute approximate surface area is 318 Å². The Hall–Kier alpha value is -6.02. The van der Waals surface area contributed by atoms with Crippen LogP contribution in [0.1, 0.15) is 60.5 Å². The third-order valence-electron chi connectivity index (χ3n) is 9.44. The zero-order valence-corrected chi connectivity index (χ0v) is 32.0. The fourth-order valence-corrected chi connectivity index (χ4v) is 7.01. The van der Waals surface area contributed by atoms with Gasteiger partial charge < -0.3 is 56.8 Å².